The van der Waals surface area contributed by atoms with Gasteiger partial charge in [0.2, 0.25) is 0 Å². The van der Waals surface area contributed by atoms with Gasteiger partial charge in [-0.25, -0.2) is 0 Å². The molecule has 0 unspecified atom stereocenters. The number of hydrogen-bond donors (Lipinski definition) is 2. The summed E-state index contributed by atoms with van der Waals surface area (Å²) in [5, 5.41) is 4.10. The number of rotatable bonds is 5. The maximum Gasteiger partial charge on any atom is 0.251 e. The average Bonchev–Trinajstić information content (AvgIpc) is 2.94. The van der Waals surface area contributed by atoms with Gasteiger partial charge in [-0.2, -0.15) is 0 Å². The zero-order valence-electron chi connectivity index (χ0n) is 14.0. The van der Waals surface area contributed by atoms with E-state index in [9.17, 15) is 4.79 Å². The number of benzene rings is 2. The molecule has 0 bridgehead atoms. The standard InChI is InChI=1S/C19H20N2O3/c1-12-15(14-6-4-5-7-16(14)21-12)11-20-19(22)13-8-9-17(23-2)18(10-13)24-3/h4-10,21H,11H2,1-3H3,(H,20,22). The number of aromatic amines is 1. The van der Waals surface area contributed by atoms with E-state index in [0.29, 0.717) is 23.6 Å². The van der Waals surface area contributed by atoms with Crippen LogP contribution in [0.5, 0.6) is 11.5 Å². The lowest BCUT2D eigenvalue weighted by molar-refractivity contribution is 0.0950. The molecule has 2 N–H and O–H groups in total. The Morgan fingerprint density at radius 3 is 2.58 bits per heavy atom. The number of aryl methyl sites for hydroxylation is 1. The predicted molar refractivity (Wildman–Crippen MR) is 93.8 cm³/mol. The van der Waals surface area contributed by atoms with Crippen LogP contribution in [0.25, 0.3) is 10.9 Å². The number of fused-ring (bicyclic) bond motifs is 1. The van der Waals surface area contributed by atoms with Gasteiger partial charge in [-0.1, -0.05) is 18.2 Å². The molecule has 5 nitrogen and oxygen atoms in total. The van der Waals surface area contributed by atoms with Crippen LogP contribution in [0.3, 0.4) is 0 Å². The largest absolute Gasteiger partial charge is 0.493 e. The number of hydrogen-bond acceptors (Lipinski definition) is 3. The average molecular weight is 324 g/mol. The molecule has 3 rings (SSSR count). The van der Waals surface area contributed by atoms with Gasteiger partial charge in [0.05, 0.1) is 14.2 Å². The van der Waals surface area contributed by atoms with Crippen molar-refractivity contribution in [2.24, 2.45) is 0 Å². The number of nitrogens with one attached hydrogen (secondary N) is 2. The summed E-state index contributed by atoms with van der Waals surface area (Å²) in [6, 6.07) is 13.2. The molecule has 1 amide bonds. The molecule has 0 aliphatic carbocycles. The van der Waals surface area contributed by atoms with Gasteiger partial charge in [-0.05, 0) is 36.8 Å². The Morgan fingerprint density at radius 2 is 1.83 bits per heavy atom. The van der Waals surface area contributed by atoms with E-state index >= 15 is 0 Å². The third-order valence-electron chi connectivity index (χ3n) is 4.10. The molecule has 1 aromatic heterocycles. The lowest BCUT2D eigenvalue weighted by Gasteiger charge is -2.10. The number of para-hydroxylation sites is 1. The minimum absolute atomic E-state index is 0.152. The van der Waals surface area contributed by atoms with Crippen LogP contribution in [0.4, 0.5) is 0 Å². The number of amides is 1. The van der Waals surface area contributed by atoms with Gasteiger partial charge in [0.15, 0.2) is 11.5 Å². The first-order chi connectivity index (χ1) is 11.6. The molecule has 24 heavy (non-hydrogen) atoms. The molecule has 0 aliphatic heterocycles. The fraction of sp³-hybridized carbons (Fsp3) is 0.211. The van der Waals surface area contributed by atoms with E-state index in [1.54, 1.807) is 32.4 Å². The highest BCUT2D eigenvalue weighted by molar-refractivity contribution is 5.95. The first-order valence-corrected chi connectivity index (χ1v) is 7.70. The van der Waals surface area contributed by atoms with E-state index in [-0.39, 0.29) is 5.91 Å². The predicted octanol–water partition coefficient (Wildman–Crippen LogP) is 3.42. The van der Waals surface area contributed by atoms with Crippen molar-refractivity contribution in [2.45, 2.75) is 13.5 Å². The summed E-state index contributed by atoms with van der Waals surface area (Å²) < 4.78 is 10.4. The smallest absolute Gasteiger partial charge is 0.251 e. The van der Waals surface area contributed by atoms with Crippen molar-refractivity contribution in [3.8, 4) is 11.5 Å². The molecule has 2 aromatic carbocycles. The second-order valence-corrected chi connectivity index (χ2v) is 5.53. The van der Waals surface area contributed by atoms with Crippen molar-refractivity contribution in [1.82, 2.24) is 10.3 Å². The Balaban J connectivity index is 1.79. The van der Waals surface area contributed by atoms with Crippen LogP contribution in [0, 0.1) is 6.92 Å². The molecule has 124 valence electrons. The summed E-state index contributed by atoms with van der Waals surface area (Å²) in [5.41, 5.74) is 3.76. The third-order valence-corrected chi connectivity index (χ3v) is 4.10. The number of carbonyl (C=O) groups excluding carboxylic acids is 1. The first kappa shape index (κ1) is 15.9. The van der Waals surface area contributed by atoms with Gasteiger partial charge in [-0.3, -0.25) is 4.79 Å². The molecule has 0 fully saturated rings. The fourth-order valence-electron chi connectivity index (χ4n) is 2.81. The second kappa shape index (κ2) is 6.66. The van der Waals surface area contributed by atoms with E-state index in [1.165, 1.54) is 0 Å². The summed E-state index contributed by atoms with van der Waals surface area (Å²) in [7, 11) is 3.12. The molecule has 0 spiro atoms. The normalized spacial score (nSPS) is 10.6. The monoisotopic (exact) mass is 324 g/mol. The van der Waals surface area contributed by atoms with Crippen molar-refractivity contribution in [1.29, 1.82) is 0 Å². The van der Waals surface area contributed by atoms with E-state index in [1.807, 2.05) is 25.1 Å². The lowest BCUT2D eigenvalue weighted by Crippen LogP contribution is -2.23. The maximum atomic E-state index is 12.4. The van der Waals surface area contributed by atoms with Crippen LogP contribution in [-0.4, -0.2) is 25.1 Å². The van der Waals surface area contributed by atoms with Gasteiger partial charge >= 0.3 is 0 Å². The van der Waals surface area contributed by atoms with Gasteiger partial charge in [0, 0.05) is 28.7 Å². The zero-order chi connectivity index (χ0) is 17.1. The highest BCUT2D eigenvalue weighted by Crippen LogP contribution is 2.27. The molecule has 3 aromatic rings. The number of ether oxygens (including phenoxy) is 2. The van der Waals surface area contributed by atoms with E-state index in [2.05, 4.69) is 16.4 Å². The highest BCUT2D eigenvalue weighted by Gasteiger charge is 2.13. The Hall–Kier alpha value is -2.95. The first-order valence-electron chi connectivity index (χ1n) is 7.70. The van der Waals surface area contributed by atoms with Crippen LogP contribution in [-0.2, 0) is 6.54 Å². The van der Waals surface area contributed by atoms with Gasteiger partial charge in [0.1, 0.15) is 0 Å². The lowest BCUT2D eigenvalue weighted by atomic mass is 10.1. The number of methoxy groups -OCH3 is 2. The van der Waals surface area contributed by atoms with Crippen molar-refractivity contribution in [3.63, 3.8) is 0 Å². The Kier molecular flexibility index (Phi) is 4.42. The molecule has 0 atom stereocenters. The molecule has 5 heteroatoms. The Bertz CT molecular complexity index is 883. The minimum atomic E-state index is -0.152. The number of aromatic nitrogens is 1. The van der Waals surface area contributed by atoms with Crippen LogP contribution >= 0.6 is 0 Å². The molecule has 0 saturated carbocycles. The minimum Gasteiger partial charge on any atom is -0.493 e. The summed E-state index contributed by atoms with van der Waals surface area (Å²) in [6.45, 7) is 2.47. The van der Waals surface area contributed by atoms with Crippen molar-refractivity contribution in [2.75, 3.05) is 14.2 Å². The third kappa shape index (κ3) is 2.93. The summed E-state index contributed by atoms with van der Waals surface area (Å²) in [4.78, 5) is 15.8. The SMILES string of the molecule is COc1ccc(C(=O)NCc2c(C)[nH]c3ccccc23)cc1OC. The van der Waals surface area contributed by atoms with E-state index in [0.717, 1.165) is 22.2 Å². The molecule has 0 saturated heterocycles. The van der Waals surface area contributed by atoms with E-state index in [4.69, 9.17) is 9.47 Å². The Morgan fingerprint density at radius 1 is 1.08 bits per heavy atom. The molecular formula is C19H20N2O3. The van der Waals surface area contributed by atoms with Gasteiger partial charge < -0.3 is 19.8 Å². The zero-order valence-corrected chi connectivity index (χ0v) is 14.0. The van der Waals surface area contributed by atoms with Crippen LogP contribution in [0.2, 0.25) is 0 Å². The summed E-state index contributed by atoms with van der Waals surface area (Å²) in [6.07, 6.45) is 0. The topological polar surface area (TPSA) is 63.3 Å². The van der Waals surface area contributed by atoms with Crippen molar-refractivity contribution >= 4 is 16.8 Å². The molecule has 0 radical (unpaired) electrons. The van der Waals surface area contributed by atoms with Crippen LogP contribution in [0.1, 0.15) is 21.6 Å². The molecule has 1 heterocycles. The Labute approximate surface area is 140 Å². The number of carbonyl (C=O) groups is 1. The second-order valence-electron chi connectivity index (χ2n) is 5.53. The van der Waals surface area contributed by atoms with Crippen LogP contribution in [0.15, 0.2) is 42.5 Å². The maximum absolute atomic E-state index is 12.4. The van der Waals surface area contributed by atoms with Crippen molar-refractivity contribution < 1.29 is 14.3 Å². The van der Waals surface area contributed by atoms with Gasteiger partial charge in [0.25, 0.3) is 5.91 Å². The quantitative estimate of drug-likeness (QED) is 0.756. The van der Waals surface area contributed by atoms with Gasteiger partial charge in [-0.15, -0.1) is 0 Å². The summed E-state index contributed by atoms with van der Waals surface area (Å²) >= 11 is 0. The molecular weight excluding hydrogens is 304 g/mol. The highest BCUT2D eigenvalue weighted by atomic mass is 16.5. The van der Waals surface area contributed by atoms with E-state index < -0.39 is 0 Å². The van der Waals surface area contributed by atoms with Crippen LogP contribution < -0.4 is 14.8 Å². The summed E-state index contributed by atoms with van der Waals surface area (Å²) in [5.74, 6) is 0.982. The molecule has 0 aliphatic rings. The number of H-pyrrole nitrogens is 1. The van der Waals surface area contributed by atoms with Crippen molar-refractivity contribution in [3.05, 3.63) is 59.3 Å². The fourth-order valence-corrected chi connectivity index (χ4v) is 2.81.